The predicted octanol–water partition coefficient (Wildman–Crippen LogP) is 1.89. The summed E-state index contributed by atoms with van der Waals surface area (Å²) in [5.41, 5.74) is 1.19. The molecule has 0 spiro atoms. The van der Waals surface area contributed by atoms with Gasteiger partial charge in [0.05, 0.1) is 5.69 Å². The zero-order chi connectivity index (χ0) is 16.1. The lowest BCUT2D eigenvalue weighted by molar-refractivity contribution is -0.0326. The smallest absolute Gasteiger partial charge is 0.227 e. The van der Waals surface area contributed by atoms with Crippen LogP contribution in [-0.2, 0) is 17.7 Å². The van der Waals surface area contributed by atoms with Gasteiger partial charge in [-0.25, -0.2) is 0 Å². The molecule has 0 bridgehead atoms. The van der Waals surface area contributed by atoms with Crippen LogP contribution in [0.4, 0.5) is 0 Å². The quantitative estimate of drug-likeness (QED) is 0.785. The minimum Gasteiger partial charge on any atom is -0.372 e. The molecule has 1 aliphatic heterocycles. The third-order valence-corrected chi connectivity index (χ3v) is 4.28. The van der Waals surface area contributed by atoms with Gasteiger partial charge in [-0.2, -0.15) is 10.1 Å². The van der Waals surface area contributed by atoms with Crippen LogP contribution in [0.5, 0.6) is 0 Å². The van der Waals surface area contributed by atoms with Crippen molar-refractivity contribution >= 4 is 0 Å². The largest absolute Gasteiger partial charge is 0.372 e. The minimum atomic E-state index is 0.129. The third kappa shape index (κ3) is 3.97. The van der Waals surface area contributed by atoms with Gasteiger partial charge in [0.1, 0.15) is 6.10 Å². The fraction of sp³-hybridized carbons (Fsp3) is 0.688. The summed E-state index contributed by atoms with van der Waals surface area (Å²) in [4.78, 5) is 4.22. The Labute approximate surface area is 136 Å². The van der Waals surface area contributed by atoms with Gasteiger partial charge in [-0.1, -0.05) is 5.16 Å². The van der Waals surface area contributed by atoms with Gasteiger partial charge in [-0.05, 0) is 32.8 Å². The van der Waals surface area contributed by atoms with Gasteiger partial charge in [0.25, 0.3) is 0 Å². The highest BCUT2D eigenvalue weighted by Gasteiger charge is 2.29. The van der Waals surface area contributed by atoms with Crippen molar-refractivity contribution in [3.8, 4) is 0 Å². The van der Waals surface area contributed by atoms with Gasteiger partial charge in [0.15, 0.2) is 5.82 Å². The van der Waals surface area contributed by atoms with Gasteiger partial charge in [-0.15, -0.1) is 0 Å². The highest BCUT2D eigenvalue weighted by atomic mass is 16.5. The molecule has 7 heteroatoms. The molecule has 2 atom stereocenters. The zero-order valence-corrected chi connectivity index (χ0v) is 13.9. The van der Waals surface area contributed by atoms with Crippen molar-refractivity contribution in [2.45, 2.75) is 45.8 Å². The second-order valence-corrected chi connectivity index (χ2v) is 5.95. The van der Waals surface area contributed by atoms with Crippen LogP contribution in [-0.4, -0.2) is 39.6 Å². The Hall–Kier alpha value is -1.73. The lowest BCUT2D eigenvalue weighted by Gasteiger charge is -2.32. The lowest BCUT2D eigenvalue weighted by atomic mass is 9.92. The molecule has 1 aliphatic rings. The van der Waals surface area contributed by atoms with E-state index in [0.29, 0.717) is 17.6 Å². The molecule has 1 fully saturated rings. The Balaban J connectivity index is 1.52. The van der Waals surface area contributed by atoms with E-state index < -0.39 is 0 Å². The summed E-state index contributed by atoms with van der Waals surface area (Å²) in [6.07, 6.45) is 5.04. The summed E-state index contributed by atoms with van der Waals surface area (Å²) in [6.45, 7) is 7.40. The maximum Gasteiger partial charge on any atom is 0.227 e. The van der Waals surface area contributed by atoms with Crippen molar-refractivity contribution in [3.63, 3.8) is 0 Å². The Morgan fingerprint density at radius 1 is 1.43 bits per heavy atom. The van der Waals surface area contributed by atoms with Crippen LogP contribution >= 0.6 is 0 Å². The molecule has 3 rings (SSSR count). The van der Waals surface area contributed by atoms with Crippen LogP contribution in [0, 0.1) is 12.8 Å². The average molecular weight is 319 g/mol. The topological polar surface area (TPSA) is 78.0 Å². The van der Waals surface area contributed by atoms with Crippen molar-refractivity contribution < 1.29 is 9.26 Å². The van der Waals surface area contributed by atoms with Crippen LogP contribution in [0.25, 0.3) is 0 Å². The predicted molar refractivity (Wildman–Crippen MR) is 84.9 cm³/mol. The fourth-order valence-corrected chi connectivity index (χ4v) is 3.15. The number of aryl methyl sites for hydroxylation is 2. The van der Waals surface area contributed by atoms with Gasteiger partial charge >= 0.3 is 0 Å². The molecule has 0 aliphatic carbocycles. The molecule has 0 radical (unpaired) electrons. The summed E-state index contributed by atoms with van der Waals surface area (Å²) in [5, 5.41) is 11.7. The molecule has 0 aromatic carbocycles. The Kier molecular flexibility index (Phi) is 5.40. The molecular formula is C16H25N5O2. The second kappa shape index (κ2) is 7.70. The molecule has 1 N–H and O–H groups in total. The first-order chi connectivity index (χ1) is 11.3. The molecule has 1 saturated heterocycles. The van der Waals surface area contributed by atoms with Crippen LogP contribution < -0.4 is 5.32 Å². The summed E-state index contributed by atoms with van der Waals surface area (Å²) in [7, 11) is 0. The molecule has 0 saturated carbocycles. The number of hydrogen-bond acceptors (Lipinski definition) is 6. The molecular weight excluding hydrogens is 294 g/mol. The van der Waals surface area contributed by atoms with Crippen molar-refractivity contribution in [3.05, 3.63) is 29.7 Å². The van der Waals surface area contributed by atoms with Crippen LogP contribution in [0.2, 0.25) is 0 Å². The minimum absolute atomic E-state index is 0.129. The van der Waals surface area contributed by atoms with Crippen molar-refractivity contribution in [2.24, 2.45) is 5.92 Å². The zero-order valence-electron chi connectivity index (χ0n) is 13.9. The first kappa shape index (κ1) is 16.1. The highest BCUT2D eigenvalue weighted by molar-refractivity contribution is 5.07. The molecule has 0 unspecified atom stereocenters. The summed E-state index contributed by atoms with van der Waals surface area (Å²) in [5.74, 6) is 1.85. The van der Waals surface area contributed by atoms with E-state index in [9.17, 15) is 0 Å². The fourth-order valence-electron chi connectivity index (χ4n) is 3.15. The van der Waals surface area contributed by atoms with Gasteiger partial charge in [-0.3, -0.25) is 4.68 Å². The Morgan fingerprint density at radius 3 is 3.13 bits per heavy atom. The highest BCUT2D eigenvalue weighted by Crippen LogP contribution is 2.33. The van der Waals surface area contributed by atoms with E-state index in [0.717, 1.165) is 39.1 Å². The standard InChI is InChI=1S/C16H25N5O2/c1-3-21-14(6-9-18-21)16-13(5-4-10-22-16)11-17-8-7-15-19-12(2)20-23-15/h6,9,13,16-17H,3-5,7-8,10-11H2,1-2H3/t13-,16+/m0/s1. The van der Waals surface area contributed by atoms with E-state index in [1.807, 2.05) is 17.8 Å². The second-order valence-electron chi connectivity index (χ2n) is 5.95. The first-order valence-electron chi connectivity index (χ1n) is 8.41. The Morgan fingerprint density at radius 2 is 2.35 bits per heavy atom. The van der Waals surface area contributed by atoms with E-state index in [1.165, 1.54) is 12.1 Å². The van der Waals surface area contributed by atoms with Gasteiger partial charge in [0.2, 0.25) is 5.89 Å². The third-order valence-electron chi connectivity index (χ3n) is 4.28. The average Bonchev–Trinajstić information content (AvgIpc) is 3.20. The Bertz CT molecular complexity index is 609. The van der Waals surface area contributed by atoms with E-state index in [1.54, 1.807) is 0 Å². The van der Waals surface area contributed by atoms with Crippen molar-refractivity contribution in [1.29, 1.82) is 0 Å². The van der Waals surface area contributed by atoms with Crippen molar-refractivity contribution in [1.82, 2.24) is 25.2 Å². The number of ether oxygens (including phenoxy) is 1. The number of nitrogens with one attached hydrogen (secondary N) is 1. The monoisotopic (exact) mass is 319 g/mol. The first-order valence-corrected chi connectivity index (χ1v) is 8.41. The maximum atomic E-state index is 6.05. The van der Waals surface area contributed by atoms with E-state index in [-0.39, 0.29) is 6.10 Å². The van der Waals surface area contributed by atoms with Crippen LogP contribution in [0.15, 0.2) is 16.8 Å². The number of nitrogens with zero attached hydrogens (tertiary/aromatic N) is 4. The van der Waals surface area contributed by atoms with E-state index in [2.05, 4.69) is 33.5 Å². The number of hydrogen-bond donors (Lipinski definition) is 1. The van der Waals surface area contributed by atoms with E-state index >= 15 is 0 Å². The van der Waals surface area contributed by atoms with E-state index in [4.69, 9.17) is 9.26 Å². The molecule has 7 nitrogen and oxygen atoms in total. The normalized spacial score (nSPS) is 21.7. The summed E-state index contributed by atoms with van der Waals surface area (Å²) < 4.78 is 13.2. The lowest BCUT2D eigenvalue weighted by Crippen LogP contribution is -2.33. The van der Waals surface area contributed by atoms with Crippen LogP contribution in [0.3, 0.4) is 0 Å². The molecule has 0 amide bonds. The summed E-state index contributed by atoms with van der Waals surface area (Å²) >= 11 is 0. The summed E-state index contributed by atoms with van der Waals surface area (Å²) in [6, 6.07) is 2.08. The molecule has 23 heavy (non-hydrogen) atoms. The molecule has 3 heterocycles. The molecule has 2 aromatic rings. The number of rotatable bonds is 7. The maximum absolute atomic E-state index is 6.05. The van der Waals surface area contributed by atoms with Crippen molar-refractivity contribution in [2.75, 3.05) is 19.7 Å². The van der Waals surface area contributed by atoms with Gasteiger partial charge in [0, 0.05) is 44.8 Å². The molecule has 126 valence electrons. The molecule has 2 aromatic heterocycles. The number of aromatic nitrogens is 4. The van der Waals surface area contributed by atoms with Gasteiger partial charge < -0.3 is 14.6 Å². The van der Waals surface area contributed by atoms with Crippen LogP contribution in [0.1, 0.15) is 43.3 Å². The SMILES string of the molecule is CCn1nccc1[C@@H]1OCCC[C@H]1CNCCc1nc(C)no1.